The maximum atomic E-state index is 10.3. The van der Waals surface area contributed by atoms with Crippen molar-refractivity contribution in [3.8, 4) is 11.3 Å². The zero-order valence-electron chi connectivity index (χ0n) is 19.8. The van der Waals surface area contributed by atoms with Crippen LogP contribution in [0.2, 0.25) is 0 Å². The van der Waals surface area contributed by atoms with Crippen LogP contribution in [0.1, 0.15) is 84.0 Å². The van der Waals surface area contributed by atoms with Gasteiger partial charge in [0.05, 0.1) is 5.69 Å². The van der Waals surface area contributed by atoms with E-state index in [1.54, 1.807) is 0 Å². The van der Waals surface area contributed by atoms with E-state index in [0.29, 0.717) is 6.42 Å². The standard InChI is InChI=1S/C18H32O2.C11H9N/c1-2-3-4-5-6-7-8-9-10-11-12-13-14-15-16-17-18(19)20;1-2-6-10(7-3-1)11-8-4-5-9-12-11/h6-7,9-10H,2-5,8,11-17H2,1H3,(H,19,20);1-9H/b7-6-,10-9-;. The van der Waals surface area contributed by atoms with Crippen LogP contribution < -0.4 is 0 Å². The van der Waals surface area contributed by atoms with Crippen LogP contribution in [-0.4, -0.2) is 16.1 Å². The molecule has 0 saturated heterocycles. The van der Waals surface area contributed by atoms with Crippen molar-refractivity contribution >= 4 is 5.97 Å². The molecule has 32 heavy (non-hydrogen) atoms. The highest BCUT2D eigenvalue weighted by molar-refractivity contribution is 5.66. The number of unbranched alkanes of at least 4 members (excludes halogenated alkanes) is 8. The highest BCUT2D eigenvalue weighted by atomic mass is 16.4. The van der Waals surface area contributed by atoms with Crippen LogP contribution in [0.3, 0.4) is 0 Å². The molecule has 0 spiro atoms. The Morgan fingerprint density at radius 2 is 1.41 bits per heavy atom. The molecular formula is C29H41NO2. The Labute approximate surface area is 195 Å². The number of carboxylic acid groups (broad SMARTS) is 1. The first-order chi connectivity index (χ1) is 15.7. The van der Waals surface area contributed by atoms with Crippen molar-refractivity contribution in [1.82, 2.24) is 4.98 Å². The smallest absolute Gasteiger partial charge is 0.303 e. The van der Waals surface area contributed by atoms with Gasteiger partial charge in [-0.05, 0) is 50.7 Å². The fourth-order valence-corrected chi connectivity index (χ4v) is 3.23. The minimum absolute atomic E-state index is 0.324. The van der Waals surface area contributed by atoms with Gasteiger partial charge in [-0.3, -0.25) is 9.78 Å². The van der Waals surface area contributed by atoms with E-state index in [4.69, 9.17) is 5.11 Å². The highest BCUT2D eigenvalue weighted by Crippen LogP contribution is 2.14. The Bertz CT molecular complexity index is 701. The van der Waals surface area contributed by atoms with Crippen LogP contribution in [0.15, 0.2) is 79.0 Å². The number of aliphatic carboxylic acids is 1. The van der Waals surface area contributed by atoms with Crippen molar-refractivity contribution in [3.05, 3.63) is 79.0 Å². The monoisotopic (exact) mass is 435 g/mol. The summed E-state index contributed by atoms with van der Waals surface area (Å²) in [7, 11) is 0. The van der Waals surface area contributed by atoms with Gasteiger partial charge in [0.15, 0.2) is 0 Å². The first-order valence-corrected chi connectivity index (χ1v) is 12.2. The molecule has 1 aromatic carbocycles. The summed E-state index contributed by atoms with van der Waals surface area (Å²) < 4.78 is 0. The van der Waals surface area contributed by atoms with Gasteiger partial charge in [0.1, 0.15) is 0 Å². The van der Waals surface area contributed by atoms with E-state index in [0.717, 1.165) is 36.9 Å². The van der Waals surface area contributed by atoms with E-state index >= 15 is 0 Å². The normalized spacial score (nSPS) is 10.9. The van der Waals surface area contributed by atoms with E-state index in [1.165, 1.54) is 44.9 Å². The van der Waals surface area contributed by atoms with Crippen LogP contribution in [0.25, 0.3) is 11.3 Å². The second kappa shape index (κ2) is 20.2. The van der Waals surface area contributed by atoms with Gasteiger partial charge >= 0.3 is 5.97 Å². The fourth-order valence-electron chi connectivity index (χ4n) is 3.23. The minimum Gasteiger partial charge on any atom is -0.481 e. The number of rotatable bonds is 15. The number of nitrogens with zero attached hydrogens (tertiary/aromatic N) is 1. The number of allylic oxidation sites excluding steroid dienone is 4. The lowest BCUT2D eigenvalue weighted by Gasteiger charge is -1.98. The Balaban J connectivity index is 0.000000357. The number of carboxylic acids is 1. The lowest BCUT2D eigenvalue weighted by molar-refractivity contribution is -0.137. The lowest BCUT2D eigenvalue weighted by Crippen LogP contribution is -1.93. The average Bonchev–Trinajstić information content (AvgIpc) is 2.83. The molecule has 0 aliphatic heterocycles. The van der Waals surface area contributed by atoms with Gasteiger partial charge in [-0.15, -0.1) is 0 Å². The second-order valence-electron chi connectivity index (χ2n) is 7.96. The van der Waals surface area contributed by atoms with Gasteiger partial charge in [0.25, 0.3) is 0 Å². The topological polar surface area (TPSA) is 50.2 Å². The predicted octanol–water partition coefficient (Wildman–Crippen LogP) is 8.63. The largest absolute Gasteiger partial charge is 0.481 e. The molecule has 1 aromatic heterocycles. The molecule has 0 atom stereocenters. The maximum Gasteiger partial charge on any atom is 0.303 e. The third-order valence-corrected chi connectivity index (χ3v) is 5.08. The number of pyridine rings is 1. The van der Waals surface area contributed by atoms with Crippen molar-refractivity contribution in [1.29, 1.82) is 0 Å². The van der Waals surface area contributed by atoms with Crippen LogP contribution in [-0.2, 0) is 4.79 Å². The molecule has 0 aliphatic rings. The maximum absolute atomic E-state index is 10.3. The molecule has 2 rings (SSSR count). The molecule has 0 unspecified atom stereocenters. The van der Waals surface area contributed by atoms with Crippen molar-refractivity contribution < 1.29 is 9.90 Å². The summed E-state index contributed by atoms with van der Waals surface area (Å²) >= 11 is 0. The Hall–Kier alpha value is -2.68. The summed E-state index contributed by atoms with van der Waals surface area (Å²) in [5, 5.41) is 8.50. The number of aromatic nitrogens is 1. The Morgan fingerprint density at radius 3 is 2.03 bits per heavy atom. The second-order valence-corrected chi connectivity index (χ2v) is 7.96. The van der Waals surface area contributed by atoms with Gasteiger partial charge in [0, 0.05) is 18.2 Å². The van der Waals surface area contributed by atoms with Gasteiger partial charge < -0.3 is 5.11 Å². The predicted molar refractivity (Wildman–Crippen MR) is 137 cm³/mol. The van der Waals surface area contributed by atoms with E-state index < -0.39 is 5.97 Å². The van der Waals surface area contributed by atoms with Crippen LogP contribution in [0.4, 0.5) is 0 Å². The first-order valence-electron chi connectivity index (χ1n) is 12.2. The SMILES string of the molecule is CCCCC/C=C\C/C=C\CCCCCCCC(=O)O.c1ccc(-c2ccccn2)cc1. The molecule has 0 fully saturated rings. The third-order valence-electron chi connectivity index (χ3n) is 5.08. The Morgan fingerprint density at radius 1 is 0.781 bits per heavy atom. The molecule has 0 bridgehead atoms. The van der Waals surface area contributed by atoms with E-state index in [9.17, 15) is 4.79 Å². The average molecular weight is 436 g/mol. The van der Waals surface area contributed by atoms with Crippen molar-refractivity contribution in [3.63, 3.8) is 0 Å². The molecule has 0 amide bonds. The van der Waals surface area contributed by atoms with E-state index in [2.05, 4.69) is 48.3 Å². The molecule has 174 valence electrons. The minimum atomic E-state index is -0.671. The lowest BCUT2D eigenvalue weighted by atomic mass is 10.1. The first kappa shape index (κ1) is 27.4. The number of carbonyl (C=O) groups is 1. The summed E-state index contributed by atoms with van der Waals surface area (Å²) in [4.78, 5) is 14.6. The molecule has 2 aromatic rings. The third kappa shape index (κ3) is 16.1. The molecule has 1 N–H and O–H groups in total. The number of hydrogen-bond donors (Lipinski definition) is 1. The van der Waals surface area contributed by atoms with Crippen molar-refractivity contribution in [2.24, 2.45) is 0 Å². The van der Waals surface area contributed by atoms with E-state index in [1.807, 2.05) is 42.6 Å². The van der Waals surface area contributed by atoms with Crippen molar-refractivity contribution in [2.75, 3.05) is 0 Å². The molecule has 1 heterocycles. The van der Waals surface area contributed by atoms with Gasteiger partial charge in [-0.1, -0.05) is 99.7 Å². The summed E-state index contributed by atoms with van der Waals surface area (Å²) in [6, 6.07) is 16.1. The summed E-state index contributed by atoms with van der Waals surface area (Å²) in [5.41, 5.74) is 2.19. The van der Waals surface area contributed by atoms with Crippen LogP contribution >= 0.6 is 0 Å². The van der Waals surface area contributed by atoms with Crippen LogP contribution in [0.5, 0.6) is 0 Å². The van der Waals surface area contributed by atoms with E-state index in [-0.39, 0.29) is 0 Å². The molecular weight excluding hydrogens is 394 g/mol. The summed E-state index contributed by atoms with van der Waals surface area (Å²) in [6.45, 7) is 2.23. The van der Waals surface area contributed by atoms with Gasteiger partial charge in [-0.25, -0.2) is 0 Å². The quantitative estimate of drug-likeness (QED) is 0.225. The molecule has 0 saturated carbocycles. The Kier molecular flexibility index (Phi) is 17.3. The van der Waals surface area contributed by atoms with Gasteiger partial charge in [-0.2, -0.15) is 0 Å². The zero-order valence-corrected chi connectivity index (χ0v) is 19.8. The number of hydrogen-bond acceptors (Lipinski definition) is 2. The molecule has 3 nitrogen and oxygen atoms in total. The number of benzene rings is 1. The highest BCUT2D eigenvalue weighted by Gasteiger charge is 1.96. The fraction of sp³-hybridized carbons (Fsp3) is 0.448. The summed E-state index contributed by atoms with van der Waals surface area (Å²) in [5.74, 6) is -0.671. The van der Waals surface area contributed by atoms with Crippen molar-refractivity contribution in [2.45, 2.75) is 84.0 Å². The summed E-state index contributed by atoms with van der Waals surface area (Å²) in [6.07, 6.45) is 24.1. The van der Waals surface area contributed by atoms with Gasteiger partial charge in [0.2, 0.25) is 0 Å². The molecule has 3 heteroatoms. The molecule has 0 radical (unpaired) electrons. The molecule has 0 aliphatic carbocycles. The zero-order chi connectivity index (χ0) is 23.1. The van der Waals surface area contributed by atoms with Crippen LogP contribution in [0, 0.1) is 0 Å².